The monoisotopic (exact) mass is 193 g/mol. The molecule has 0 saturated heterocycles. The maximum Gasteiger partial charge on any atom is 0.193 e. The Balaban J connectivity index is 1.89. The molecule has 1 aliphatic rings. The first-order valence-electron chi connectivity index (χ1n) is 4.44. The SMILES string of the molecule is Cn1nnc(CNC2=CC(=O)CC2)n1. The van der Waals surface area contributed by atoms with E-state index < -0.39 is 0 Å². The van der Waals surface area contributed by atoms with Crippen LogP contribution in [-0.2, 0) is 18.4 Å². The molecule has 0 spiro atoms. The third-order valence-corrected chi connectivity index (χ3v) is 2.00. The first-order chi connectivity index (χ1) is 6.74. The molecule has 0 radical (unpaired) electrons. The van der Waals surface area contributed by atoms with Crippen molar-refractivity contribution in [1.82, 2.24) is 25.5 Å². The Morgan fingerprint density at radius 1 is 1.57 bits per heavy atom. The summed E-state index contributed by atoms with van der Waals surface area (Å²) in [6, 6.07) is 0. The number of tetrazole rings is 1. The van der Waals surface area contributed by atoms with Crippen molar-refractivity contribution in [2.45, 2.75) is 19.4 Å². The molecule has 1 aliphatic carbocycles. The zero-order valence-corrected chi connectivity index (χ0v) is 7.90. The lowest BCUT2D eigenvalue weighted by Crippen LogP contribution is -2.12. The predicted octanol–water partition coefficient (Wildman–Crippen LogP) is -0.454. The second-order valence-corrected chi connectivity index (χ2v) is 3.18. The molecule has 1 N–H and O–H groups in total. The Morgan fingerprint density at radius 3 is 3.00 bits per heavy atom. The fourth-order valence-corrected chi connectivity index (χ4v) is 1.32. The van der Waals surface area contributed by atoms with Crippen LogP contribution in [0.1, 0.15) is 18.7 Å². The van der Waals surface area contributed by atoms with Crippen LogP contribution in [0.3, 0.4) is 0 Å². The Bertz CT molecular complexity index is 381. The first-order valence-corrected chi connectivity index (χ1v) is 4.44. The molecule has 2 rings (SSSR count). The summed E-state index contributed by atoms with van der Waals surface area (Å²) >= 11 is 0. The molecule has 6 heteroatoms. The number of rotatable bonds is 3. The molecule has 0 unspecified atom stereocenters. The van der Waals surface area contributed by atoms with Crippen LogP contribution >= 0.6 is 0 Å². The minimum Gasteiger partial charge on any atom is -0.381 e. The van der Waals surface area contributed by atoms with Gasteiger partial charge in [-0.1, -0.05) is 0 Å². The third kappa shape index (κ3) is 1.95. The van der Waals surface area contributed by atoms with Crippen molar-refractivity contribution in [3.05, 3.63) is 17.6 Å². The largest absolute Gasteiger partial charge is 0.381 e. The van der Waals surface area contributed by atoms with E-state index in [0.717, 1.165) is 12.1 Å². The summed E-state index contributed by atoms with van der Waals surface area (Å²) < 4.78 is 0. The molecule has 0 aliphatic heterocycles. The number of nitrogens with zero attached hydrogens (tertiary/aromatic N) is 4. The van der Waals surface area contributed by atoms with Crippen LogP contribution in [0.4, 0.5) is 0 Å². The number of ketones is 1. The smallest absolute Gasteiger partial charge is 0.193 e. The van der Waals surface area contributed by atoms with Gasteiger partial charge in [-0.15, -0.1) is 10.2 Å². The molecule has 0 aromatic carbocycles. The fraction of sp³-hybridized carbons (Fsp3) is 0.500. The average Bonchev–Trinajstić information content (AvgIpc) is 2.72. The summed E-state index contributed by atoms with van der Waals surface area (Å²) in [4.78, 5) is 12.3. The van der Waals surface area contributed by atoms with Gasteiger partial charge in [-0.25, -0.2) is 0 Å². The minimum atomic E-state index is 0.180. The molecule has 74 valence electrons. The molecular formula is C8H11N5O. The minimum absolute atomic E-state index is 0.180. The second kappa shape index (κ2) is 3.57. The van der Waals surface area contributed by atoms with Gasteiger partial charge in [0, 0.05) is 18.2 Å². The molecule has 1 aromatic rings. The highest BCUT2D eigenvalue weighted by Gasteiger charge is 2.11. The van der Waals surface area contributed by atoms with Gasteiger partial charge in [0.25, 0.3) is 0 Å². The van der Waals surface area contributed by atoms with Crippen LogP contribution in [0.25, 0.3) is 0 Å². The number of nitrogens with one attached hydrogen (secondary N) is 1. The van der Waals surface area contributed by atoms with Crippen LogP contribution in [0.5, 0.6) is 0 Å². The number of carbonyl (C=O) groups excluding carboxylic acids is 1. The van der Waals surface area contributed by atoms with E-state index in [0.29, 0.717) is 18.8 Å². The topological polar surface area (TPSA) is 72.7 Å². The molecule has 14 heavy (non-hydrogen) atoms. The zero-order chi connectivity index (χ0) is 9.97. The lowest BCUT2D eigenvalue weighted by Gasteiger charge is -2.01. The van der Waals surface area contributed by atoms with Crippen molar-refractivity contribution < 1.29 is 4.79 Å². The van der Waals surface area contributed by atoms with Crippen LogP contribution in [0, 0.1) is 0 Å². The number of carbonyl (C=O) groups is 1. The van der Waals surface area contributed by atoms with Gasteiger partial charge in [0.05, 0.1) is 13.6 Å². The fourth-order valence-electron chi connectivity index (χ4n) is 1.32. The van der Waals surface area contributed by atoms with E-state index in [1.807, 2.05) is 0 Å². The predicted molar refractivity (Wildman–Crippen MR) is 48.0 cm³/mol. The van der Waals surface area contributed by atoms with Crippen LogP contribution in [0.15, 0.2) is 11.8 Å². The molecule has 1 heterocycles. The molecule has 1 aromatic heterocycles. The molecule has 0 amide bonds. The van der Waals surface area contributed by atoms with Gasteiger partial charge in [0.15, 0.2) is 11.6 Å². The summed E-state index contributed by atoms with van der Waals surface area (Å²) in [5.41, 5.74) is 0.961. The van der Waals surface area contributed by atoms with E-state index in [1.165, 1.54) is 4.80 Å². The molecule has 0 saturated carbocycles. The van der Waals surface area contributed by atoms with Gasteiger partial charge in [0.2, 0.25) is 0 Å². The van der Waals surface area contributed by atoms with Crippen molar-refractivity contribution in [3.8, 4) is 0 Å². The van der Waals surface area contributed by atoms with E-state index in [1.54, 1.807) is 13.1 Å². The number of aryl methyl sites for hydroxylation is 1. The van der Waals surface area contributed by atoms with E-state index in [2.05, 4.69) is 20.7 Å². The standard InChI is InChI=1S/C8H11N5O/c1-13-11-8(10-12-13)5-9-6-2-3-7(14)4-6/h4,9H,2-3,5H2,1H3. The van der Waals surface area contributed by atoms with Gasteiger partial charge < -0.3 is 5.32 Å². The van der Waals surface area contributed by atoms with Crippen molar-refractivity contribution in [3.63, 3.8) is 0 Å². The van der Waals surface area contributed by atoms with Gasteiger partial charge in [-0.2, -0.15) is 4.80 Å². The van der Waals surface area contributed by atoms with Crippen molar-refractivity contribution >= 4 is 5.78 Å². The summed E-state index contributed by atoms with van der Waals surface area (Å²) in [7, 11) is 1.72. The molecule has 6 nitrogen and oxygen atoms in total. The lowest BCUT2D eigenvalue weighted by atomic mass is 10.3. The lowest BCUT2D eigenvalue weighted by molar-refractivity contribution is -0.114. The van der Waals surface area contributed by atoms with E-state index in [9.17, 15) is 4.79 Å². The molecule has 0 fully saturated rings. The second-order valence-electron chi connectivity index (χ2n) is 3.18. The summed E-state index contributed by atoms with van der Waals surface area (Å²) in [6.45, 7) is 0.521. The quantitative estimate of drug-likeness (QED) is 0.703. The summed E-state index contributed by atoms with van der Waals surface area (Å²) in [6.07, 6.45) is 3.03. The summed E-state index contributed by atoms with van der Waals surface area (Å²) in [5, 5.41) is 14.6. The number of hydrogen-bond acceptors (Lipinski definition) is 5. The Kier molecular flexibility index (Phi) is 2.26. The summed E-state index contributed by atoms with van der Waals surface area (Å²) in [5.74, 6) is 0.812. The highest BCUT2D eigenvalue weighted by atomic mass is 16.1. The van der Waals surface area contributed by atoms with Gasteiger partial charge in [-0.3, -0.25) is 4.79 Å². The van der Waals surface area contributed by atoms with Crippen molar-refractivity contribution in [2.75, 3.05) is 0 Å². The molecule has 0 bridgehead atoms. The normalized spacial score (nSPS) is 15.8. The molecular weight excluding hydrogens is 182 g/mol. The van der Waals surface area contributed by atoms with E-state index in [-0.39, 0.29) is 5.78 Å². The number of hydrogen-bond donors (Lipinski definition) is 1. The highest BCUT2D eigenvalue weighted by molar-refractivity contribution is 5.92. The Labute approximate surface area is 81.0 Å². The van der Waals surface area contributed by atoms with Crippen LogP contribution in [-0.4, -0.2) is 26.0 Å². The maximum absolute atomic E-state index is 10.9. The average molecular weight is 193 g/mol. The van der Waals surface area contributed by atoms with Crippen molar-refractivity contribution in [2.24, 2.45) is 7.05 Å². The van der Waals surface area contributed by atoms with Crippen LogP contribution < -0.4 is 5.32 Å². The Hall–Kier alpha value is -1.72. The number of allylic oxidation sites excluding steroid dienone is 2. The van der Waals surface area contributed by atoms with Gasteiger partial charge in [-0.05, 0) is 11.6 Å². The highest BCUT2D eigenvalue weighted by Crippen LogP contribution is 2.11. The number of aromatic nitrogens is 4. The third-order valence-electron chi connectivity index (χ3n) is 2.00. The van der Waals surface area contributed by atoms with Crippen molar-refractivity contribution in [1.29, 1.82) is 0 Å². The van der Waals surface area contributed by atoms with E-state index >= 15 is 0 Å². The Morgan fingerprint density at radius 2 is 2.43 bits per heavy atom. The molecule has 0 atom stereocenters. The van der Waals surface area contributed by atoms with Gasteiger partial charge >= 0.3 is 0 Å². The maximum atomic E-state index is 10.9. The van der Waals surface area contributed by atoms with Crippen LogP contribution in [0.2, 0.25) is 0 Å². The first kappa shape index (κ1) is 8.86. The zero-order valence-electron chi connectivity index (χ0n) is 7.90. The van der Waals surface area contributed by atoms with Gasteiger partial charge in [0.1, 0.15) is 0 Å². The van der Waals surface area contributed by atoms with E-state index in [4.69, 9.17) is 0 Å².